The maximum Gasteiger partial charge on any atom is 0.323 e. The lowest BCUT2D eigenvalue weighted by atomic mass is 10.3. The molecule has 0 aliphatic carbocycles. The number of carbonyl (C=O) groups is 1. The second kappa shape index (κ2) is 10.9. The Morgan fingerprint density at radius 3 is 2.55 bits per heavy atom. The lowest BCUT2D eigenvalue weighted by Gasteiger charge is -2.22. The van der Waals surface area contributed by atoms with Crippen molar-refractivity contribution in [3.63, 3.8) is 0 Å². The van der Waals surface area contributed by atoms with Gasteiger partial charge in [0.15, 0.2) is 5.82 Å². The van der Waals surface area contributed by atoms with E-state index in [2.05, 4.69) is 50.0 Å². The summed E-state index contributed by atoms with van der Waals surface area (Å²) >= 11 is 0. The van der Waals surface area contributed by atoms with Crippen molar-refractivity contribution < 1.29 is 4.79 Å². The first kappa shape index (κ1) is 22.0. The molecule has 164 valence electrons. The summed E-state index contributed by atoms with van der Waals surface area (Å²) in [4.78, 5) is 24.0. The minimum Gasteiger partial charge on any atom is -0.368 e. The number of rotatable bonds is 10. The van der Waals surface area contributed by atoms with Gasteiger partial charge in [-0.3, -0.25) is 4.68 Å². The van der Waals surface area contributed by atoms with Crippen LogP contribution in [0.25, 0.3) is 0 Å². The molecule has 2 amide bonds. The first-order chi connectivity index (χ1) is 15.1. The zero-order valence-corrected chi connectivity index (χ0v) is 18.2. The molecular weight excluding hydrogens is 394 g/mol. The molecule has 10 nitrogen and oxygen atoms in total. The number of urea groups is 1. The zero-order chi connectivity index (χ0) is 22.1. The van der Waals surface area contributed by atoms with E-state index >= 15 is 0 Å². The molecule has 0 saturated carbocycles. The van der Waals surface area contributed by atoms with Crippen molar-refractivity contribution in [3.05, 3.63) is 48.4 Å². The number of nitrogens with one attached hydrogen (secondary N) is 3. The van der Waals surface area contributed by atoms with E-state index in [4.69, 9.17) is 4.98 Å². The van der Waals surface area contributed by atoms with Crippen molar-refractivity contribution in [2.24, 2.45) is 0 Å². The number of hydrogen-bond donors (Lipinski definition) is 3. The van der Waals surface area contributed by atoms with E-state index in [9.17, 15) is 4.79 Å². The summed E-state index contributed by atoms with van der Waals surface area (Å²) in [5.74, 6) is 1.23. The monoisotopic (exact) mass is 423 g/mol. The molecule has 0 bridgehead atoms. The number of aromatic nitrogens is 5. The maximum absolute atomic E-state index is 12.6. The van der Waals surface area contributed by atoms with Gasteiger partial charge in [0.1, 0.15) is 5.69 Å². The smallest absolute Gasteiger partial charge is 0.323 e. The highest BCUT2D eigenvalue weighted by atomic mass is 16.2. The zero-order valence-electron chi connectivity index (χ0n) is 18.2. The molecule has 0 atom stereocenters. The van der Waals surface area contributed by atoms with E-state index in [0.29, 0.717) is 35.4 Å². The minimum atomic E-state index is -0.348. The molecule has 0 spiro atoms. The molecule has 3 rings (SSSR count). The minimum absolute atomic E-state index is 0.348. The molecule has 1 aromatic carbocycles. The summed E-state index contributed by atoms with van der Waals surface area (Å²) in [6, 6.07) is 8.94. The molecule has 31 heavy (non-hydrogen) atoms. The standard InChI is InChI=1S/C21H29N9O/c1-4-29(5-2)20-24-16(3)18(26-21(31)25-17-10-7-6-8-11-17)19(27-20)22-12-9-14-30-15-13-23-28-30/h6-8,10-11,13,15H,4-5,9,12,14H2,1-3H3,(H,22,24,27)(H2,25,26,31). The molecule has 10 heteroatoms. The Morgan fingerprint density at radius 2 is 1.87 bits per heavy atom. The van der Waals surface area contributed by atoms with E-state index in [0.717, 1.165) is 26.1 Å². The third-order valence-electron chi connectivity index (χ3n) is 4.72. The number of carbonyl (C=O) groups excluding carboxylic acids is 1. The molecular formula is C21H29N9O. The van der Waals surface area contributed by atoms with Gasteiger partial charge in [-0.2, -0.15) is 4.98 Å². The fraction of sp³-hybridized carbons (Fsp3) is 0.381. The Bertz CT molecular complexity index is 956. The highest BCUT2D eigenvalue weighted by molar-refractivity contribution is 6.01. The summed E-state index contributed by atoms with van der Waals surface area (Å²) in [5, 5.41) is 16.9. The van der Waals surface area contributed by atoms with E-state index in [1.54, 1.807) is 10.9 Å². The molecule has 0 aliphatic heterocycles. The Labute approximate surface area is 182 Å². The fourth-order valence-corrected chi connectivity index (χ4v) is 3.08. The molecule has 3 aromatic rings. The topological polar surface area (TPSA) is 113 Å². The number of anilines is 4. The Morgan fingerprint density at radius 1 is 1.10 bits per heavy atom. The molecule has 0 fully saturated rings. The second-order valence-electron chi connectivity index (χ2n) is 6.90. The SMILES string of the molecule is CCN(CC)c1nc(C)c(NC(=O)Nc2ccccc2)c(NCCCn2ccnn2)n1. The predicted molar refractivity (Wildman–Crippen MR) is 123 cm³/mol. The van der Waals surface area contributed by atoms with Gasteiger partial charge in [0.25, 0.3) is 0 Å². The molecule has 0 saturated heterocycles. The normalized spacial score (nSPS) is 10.5. The van der Waals surface area contributed by atoms with Gasteiger partial charge in [0.05, 0.1) is 11.9 Å². The van der Waals surface area contributed by atoms with Crippen LogP contribution in [0, 0.1) is 6.92 Å². The molecule has 2 aromatic heterocycles. The Balaban J connectivity index is 1.75. The van der Waals surface area contributed by atoms with Crippen molar-refractivity contribution in [3.8, 4) is 0 Å². The molecule has 2 heterocycles. The third-order valence-corrected chi connectivity index (χ3v) is 4.72. The van der Waals surface area contributed by atoms with Crippen molar-refractivity contribution in [2.75, 3.05) is 40.5 Å². The summed E-state index contributed by atoms with van der Waals surface area (Å²) in [6.07, 6.45) is 4.31. The van der Waals surface area contributed by atoms with Gasteiger partial charge in [-0.1, -0.05) is 23.4 Å². The molecule has 0 aliphatic rings. The van der Waals surface area contributed by atoms with Gasteiger partial charge in [-0.15, -0.1) is 5.10 Å². The summed E-state index contributed by atoms with van der Waals surface area (Å²) in [6.45, 7) is 8.97. The van der Waals surface area contributed by atoms with Gasteiger partial charge in [0.2, 0.25) is 5.95 Å². The lowest BCUT2D eigenvalue weighted by Crippen LogP contribution is -2.27. The predicted octanol–water partition coefficient (Wildman–Crippen LogP) is 3.37. The lowest BCUT2D eigenvalue weighted by molar-refractivity contribution is 0.262. The molecule has 0 radical (unpaired) electrons. The average molecular weight is 424 g/mol. The number of nitrogens with zero attached hydrogens (tertiary/aromatic N) is 6. The van der Waals surface area contributed by atoms with Crippen LogP contribution in [0.15, 0.2) is 42.7 Å². The number of benzene rings is 1. The van der Waals surface area contributed by atoms with Gasteiger partial charge < -0.3 is 20.9 Å². The van der Waals surface area contributed by atoms with Crippen molar-refractivity contribution in [1.82, 2.24) is 25.0 Å². The van der Waals surface area contributed by atoms with E-state index in [1.807, 2.05) is 43.5 Å². The van der Waals surface area contributed by atoms with Gasteiger partial charge in [-0.25, -0.2) is 9.78 Å². The maximum atomic E-state index is 12.6. The molecule has 3 N–H and O–H groups in total. The third kappa shape index (κ3) is 6.14. The number of para-hydroxylation sites is 1. The van der Waals surface area contributed by atoms with Crippen LogP contribution in [0.4, 0.5) is 27.9 Å². The van der Waals surface area contributed by atoms with Crippen LogP contribution in [0.2, 0.25) is 0 Å². The largest absolute Gasteiger partial charge is 0.368 e. The van der Waals surface area contributed by atoms with Gasteiger partial charge in [-0.05, 0) is 39.3 Å². The quantitative estimate of drug-likeness (QED) is 0.429. The van der Waals surface area contributed by atoms with Crippen molar-refractivity contribution >= 4 is 29.2 Å². The number of amides is 2. The molecule has 0 unspecified atom stereocenters. The van der Waals surface area contributed by atoms with Crippen LogP contribution in [0.1, 0.15) is 26.0 Å². The summed E-state index contributed by atoms with van der Waals surface area (Å²) in [7, 11) is 0. The number of aryl methyl sites for hydroxylation is 2. The van der Waals surface area contributed by atoms with Crippen LogP contribution < -0.4 is 20.9 Å². The van der Waals surface area contributed by atoms with Crippen LogP contribution >= 0.6 is 0 Å². The summed E-state index contributed by atoms with van der Waals surface area (Å²) in [5.41, 5.74) is 1.96. The summed E-state index contributed by atoms with van der Waals surface area (Å²) < 4.78 is 1.78. The van der Waals surface area contributed by atoms with Crippen molar-refractivity contribution in [2.45, 2.75) is 33.7 Å². The Kier molecular flexibility index (Phi) is 7.74. The second-order valence-corrected chi connectivity index (χ2v) is 6.90. The van der Waals surface area contributed by atoms with Crippen molar-refractivity contribution in [1.29, 1.82) is 0 Å². The van der Waals surface area contributed by atoms with Crippen LogP contribution in [-0.4, -0.2) is 50.6 Å². The van der Waals surface area contributed by atoms with Gasteiger partial charge in [0, 0.05) is 38.1 Å². The average Bonchev–Trinajstić information content (AvgIpc) is 3.28. The van der Waals surface area contributed by atoms with E-state index < -0.39 is 0 Å². The van der Waals surface area contributed by atoms with E-state index in [1.165, 1.54) is 0 Å². The van der Waals surface area contributed by atoms with E-state index in [-0.39, 0.29) is 6.03 Å². The van der Waals surface area contributed by atoms with Crippen LogP contribution in [-0.2, 0) is 6.54 Å². The number of hydrogen-bond acceptors (Lipinski definition) is 7. The van der Waals surface area contributed by atoms with Crippen LogP contribution in [0.3, 0.4) is 0 Å². The van der Waals surface area contributed by atoms with Gasteiger partial charge >= 0.3 is 6.03 Å². The van der Waals surface area contributed by atoms with Crippen LogP contribution in [0.5, 0.6) is 0 Å². The first-order valence-corrected chi connectivity index (χ1v) is 10.4. The highest BCUT2D eigenvalue weighted by Crippen LogP contribution is 2.26. The first-order valence-electron chi connectivity index (χ1n) is 10.4. The Hall–Kier alpha value is -3.69. The fourth-order valence-electron chi connectivity index (χ4n) is 3.08. The highest BCUT2D eigenvalue weighted by Gasteiger charge is 2.17.